The van der Waals surface area contributed by atoms with Gasteiger partial charge < -0.3 is 4.74 Å². The molecule has 0 saturated carbocycles. The lowest BCUT2D eigenvalue weighted by Crippen LogP contribution is -2.18. The molecule has 0 unspecified atom stereocenters. The Morgan fingerprint density at radius 1 is 1.53 bits per heavy atom. The zero-order valence-corrected chi connectivity index (χ0v) is 11.8. The summed E-state index contributed by atoms with van der Waals surface area (Å²) in [5.74, 6) is 0.305. The van der Waals surface area contributed by atoms with Crippen LogP contribution < -0.4 is 9.46 Å². The van der Waals surface area contributed by atoms with Crippen LogP contribution in [0.4, 0.5) is 5.69 Å². The summed E-state index contributed by atoms with van der Waals surface area (Å²) in [5.41, 5.74) is 1.14. The number of aryl methyl sites for hydroxylation is 2. The van der Waals surface area contributed by atoms with Crippen LogP contribution in [0.5, 0.6) is 5.88 Å². The van der Waals surface area contributed by atoms with Gasteiger partial charge in [-0.1, -0.05) is 0 Å². The average Bonchev–Trinajstić information content (AvgIpc) is 2.96. The normalized spacial score (nSPS) is 14.8. The summed E-state index contributed by atoms with van der Waals surface area (Å²) in [6, 6.07) is 0. The molecule has 1 N–H and O–H groups in total. The fourth-order valence-corrected chi connectivity index (χ4v) is 3.72. The van der Waals surface area contributed by atoms with Gasteiger partial charge in [-0.05, 0) is 18.5 Å². The second kappa shape index (κ2) is 4.49. The van der Waals surface area contributed by atoms with Crippen molar-refractivity contribution in [1.82, 2.24) is 14.2 Å². The Labute approximate surface area is 114 Å². The molecule has 0 fully saturated rings. The molecule has 9 heteroatoms. The number of hydrogen-bond donors (Lipinski definition) is 1. The predicted octanol–water partition coefficient (Wildman–Crippen LogP) is 1.23. The van der Waals surface area contributed by atoms with Crippen LogP contribution in [0.15, 0.2) is 16.5 Å². The summed E-state index contributed by atoms with van der Waals surface area (Å²) in [6.45, 7) is 2.93. The maximum atomic E-state index is 12.3. The Balaban J connectivity index is 1.97. The third-order valence-electron chi connectivity index (χ3n) is 2.80. The number of nitrogens with one attached hydrogen (secondary N) is 1. The van der Waals surface area contributed by atoms with Crippen LogP contribution in [0.1, 0.15) is 12.1 Å². The van der Waals surface area contributed by atoms with E-state index < -0.39 is 10.0 Å². The van der Waals surface area contributed by atoms with E-state index >= 15 is 0 Å². The highest BCUT2D eigenvalue weighted by atomic mass is 32.2. The molecule has 1 aliphatic heterocycles. The maximum absolute atomic E-state index is 12.3. The second-order valence-electron chi connectivity index (χ2n) is 4.16. The number of anilines is 1. The Morgan fingerprint density at radius 3 is 3.11 bits per heavy atom. The molecule has 0 bridgehead atoms. The molecule has 0 saturated heterocycles. The van der Waals surface area contributed by atoms with Crippen molar-refractivity contribution in [2.24, 2.45) is 0 Å². The van der Waals surface area contributed by atoms with E-state index in [-0.39, 0.29) is 4.90 Å². The van der Waals surface area contributed by atoms with Crippen molar-refractivity contribution in [3.63, 3.8) is 0 Å². The van der Waals surface area contributed by atoms with E-state index in [0.29, 0.717) is 30.4 Å². The van der Waals surface area contributed by atoms with Crippen LogP contribution in [-0.2, 0) is 16.6 Å². The first-order chi connectivity index (χ1) is 9.08. The summed E-state index contributed by atoms with van der Waals surface area (Å²) in [6.07, 6.45) is 2.15. The average molecular weight is 300 g/mol. The Kier molecular flexibility index (Phi) is 2.94. The van der Waals surface area contributed by atoms with Crippen LogP contribution in [0.25, 0.3) is 0 Å². The second-order valence-corrected chi connectivity index (χ2v) is 6.44. The molecule has 1 aliphatic rings. The highest BCUT2D eigenvalue weighted by Crippen LogP contribution is 2.29. The van der Waals surface area contributed by atoms with Gasteiger partial charge in [-0.2, -0.15) is 9.47 Å². The van der Waals surface area contributed by atoms with Gasteiger partial charge in [0.25, 0.3) is 10.0 Å². The summed E-state index contributed by atoms with van der Waals surface area (Å²) >= 11 is 1.20. The zero-order valence-electron chi connectivity index (χ0n) is 10.2. The Hall–Kier alpha value is -1.61. The van der Waals surface area contributed by atoms with Crippen molar-refractivity contribution in [3.8, 4) is 5.88 Å². The molecular weight excluding hydrogens is 288 g/mol. The van der Waals surface area contributed by atoms with E-state index in [0.717, 1.165) is 6.42 Å². The van der Waals surface area contributed by atoms with Crippen molar-refractivity contribution in [3.05, 3.63) is 17.3 Å². The molecule has 2 aromatic rings. The van der Waals surface area contributed by atoms with Gasteiger partial charge in [-0.3, -0.25) is 4.72 Å². The van der Waals surface area contributed by atoms with Gasteiger partial charge in [0.2, 0.25) is 5.88 Å². The van der Waals surface area contributed by atoms with Crippen LogP contribution >= 0.6 is 11.5 Å². The van der Waals surface area contributed by atoms with Gasteiger partial charge in [-0.15, -0.1) is 0 Å². The van der Waals surface area contributed by atoms with E-state index in [4.69, 9.17) is 4.74 Å². The molecule has 3 rings (SSSR count). The van der Waals surface area contributed by atoms with Gasteiger partial charge >= 0.3 is 0 Å². The zero-order chi connectivity index (χ0) is 13.5. The fraction of sp³-hybridized carbons (Fsp3) is 0.400. The van der Waals surface area contributed by atoms with Gasteiger partial charge in [-0.25, -0.2) is 13.1 Å². The van der Waals surface area contributed by atoms with Crippen LogP contribution in [0, 0.1) is 6.92 Å². The van der Waals surface area contributed by atoms with Crippen molar-refractivity contribution >= 4 is 27.2 Å². The number of nitrogens with zero attached hydrogens (tertiary/aromatic N) is 3. The number of hydrogen-bond acceptors (Lipinski definition) is 6. The highest BCUT2D eigenvalue weighted by Gasteiger charge is 2.27. The van der Waals surface area contributed by atoms with E-state index in [9.17, 15) is 8.42 Å². The molecule has 19 heavy (non-hydrogen) atoms. The standard InChI is InChI=1S/C10H12N4O3S2/c1-7-8(6-18-12-7)13-19(15,16)9-5-11-14-3-2-4-17-10(9)14/h5-6,13H,2-4H2,1H3. The Bertz CT molecular complexity index is 704. The summed E-state index contributed by atoms with van der Waals surface area (Å²) in [7, 11) is -3.70. The number of rotatable bonds is 3. The third-order valence-corrected chi connectivity index (χ3v) is 4.86. The summed E-state index contributed by atoms with van der Waals surface area (Å²) in [5, 5.41) is 5.69. The van der Waals surface area contributed by atoms with Crippen LogP contribution in [0.3, 0.4) is 0 Å². The van der Waals surface area contributed by atoms with Crippen molar-refractivity contribution < 1.29 is 13.2 Å². The lowest BCUT2D eigenvalue weighted by atomic mass is 10.4. The lowest BCUT2D eigenvalue weighted by Gasteiger charge is -2.16. The summed E-state index contributed by atoms with van der Waals surface area (Å²) < 4.78 is 38.1. The molecule has 0 amide bonds. The molecule has 0 atom stereocenters. The Morgan fingerprint density at radius 2 is 2.37 bits per heavy atom. The van der Waals surface area contributed by atoms with Gasteiger partial charge in [0.1, 0.15) is 0 Å². The monoisotopic (exact) mass is 300 g/mol. The maximum Gasteiger partial charge on any atom is 0.268 e. The minimum atomic E-state index is -3.70. The molecule has 102 valence electrons. The number of ether oxygens (including phenoxy) is 1. The predicted molar refractivity (Wildman–Crippen MR) is 70.0 cm³/mol. The van der Waals surface area contributed by atoms with E-state index in [1.807, 2.05) is 0 Å². The first-order valence-electron chi connectivity index (χ1n) is 5.70. The molecule has 3 heterocycles. The first-order valence-corrected chi connectivity index (χ1v) is 8.02. The van der Waals surface area contributed by atoms with Gasteiger partial charge in [0, 0.05) is 18.3 Å². The van der Waals surface area contributed by atoms with E-state index in [2.05, 4.69) is 14.2 Å². The van der Waals surface area contributed by atoms with Crippen LogP contribution in [0.2, 0.25) is 0 Å². The largest absolute Gasteiger partial charge is 0.477 e. The smallest absolute Gasteiger partial charge is 0.268 e. The minimum Gasteiger partial charge on any atom is -0.477 e. The fourth-order valence-electron chi connectivity index (χ4n) is 1.82. The summed E-state index contributed by atoms with van der Waals surface area (Å²) in [4.78, 5) is 0.0674. The molecule has 0 aromatic carbocycles. The quantitative estimate of drug-likeness (QED) is 0.921. The number of fused-ring (bicyclic) bond motifs is 1. The topological polar surface area (TPSA) is 86.1 Å². The van der Waals surface area contributed by atoms with Gasteiger partial charge in [0.15, 0.2) is 4.90 Å². The van der Waals surface area contributed by atoms with E-state index in [1.165, 1.54) is 17.7 Å². The SMILES string of the molecule is Cc1nscc1NS(=O)(=O)c1cnn2c1OCCC2. The highest BCUT2D eigenvalue weighted by molar-refractivity contribution is 7.92. The van der Waals surface area contributed by atoms with Crippen molar-refractivity contribution in [2.75, 3.05) is 11.3 Å². The number of aromatic nitrogens is 3. The molecule has 0 radical (unpaired) electrons. The lowest BCUT2D eigenvalue weighted by molar-refractivity contribution is 0.224. The van der Waals surface area contributed by atoms with Crippen molar-refractivity contribution in [2.45, 2.75) is 24.8 Å². The molecule has 0 spiro atoms. The van der Waals surface area contributed by atoms with Crippen molar-refractivity contribution in [1.29, 1.82) is 0 Å². The molecular formula is C10H12N4O3S2. The van der Waals surface area contributed by atoms with E-state index in [1.54, 1.807) is 17.0 Å². The molecule has 7 nitrogen and oxygen atoms in total. The minimum absolute atomic E-state index is 0.0674. The van der Waals surface area contributed by atoms with Crippen LogP contribution in [-0.4, -0.2) is 29.2 Å². The number of sulfonamides is 1. The van der Waals surface area contributed by atoms with Gasteiger partial charge in [0.05, 0.1) is 24.2 Å². The molecule has 2 aromatic heterocycles. The first kappa shape index (κ1) is 12.4. The third kappa shape index (κ3) is 2.19. The molecule has 0 aliphatic carbocycles.